The van der Waals surface area contributed by atoms with Gasteiger partial charge in [0.1, 0.15) is 0 Å². The highest BCUT2D eigenvalue weighted by Crippen LogP contribution is 2.29. The van der Waals surface area contributed by atoms with Crippen LogP contribution >= 0.6 is 0 Å². The van der Waals surface area contributed by atoms with Crippen molar-refractivity contribution in [3.05, 3.63) is 29.8 Å². The Morgan fingerprint density at radius 3 is 2.68 bits per heavy atom. The van der Waals surface area contributed by atoms with Crippen LogP contribution in [0.1, 0.15) is 37.7 Å². The molecule has 1 aliphatic rings. The molecule has 19 heavy (non-hydrogen) atoms. The largest absolute Gasteiger partial charge is 0.370 e. The van der Waals surface area contributed by atoms with Gasteiger partial charge in [0.2, 0.25) is 0 Å². The van der Waals surface area contributed by atoms with Crippen molar-refractivity contribution in [3.63, 3.8) is 0 Å². The normalized spacial score (nSPS) is 22.9. The van der Waals surface area contributed by atoms with Gasteiger partial charge in [-0.05, 0) is 31.0 Å². The van der Waals surface area contributed by atoms with Gasteiger partial charge in [-0.15, -0.1) is 0 Å². The van der Waals surface area contributed by atoms with E-state index in [4.69, 9.17) is 5.26 Å². The molecule has 1 fully saturated rings. The van der Waals surface area contributed by atoms with E-state index in [0.717, 1.165) is 24.9 Å². The van der Waals surface area contributed by atoms with Gasteiger partial charge in [-0.2, -0.15) is 10.5 Å². The molecule has 98 valence electrons. The Morgan fingerprint density at radius 2 is 1.95 bits per heavy atom. The van der Waals surface area contributed by atoms with Crippen molar-refractivity contribution in [3.8, 4) is 12.1 Å². The van der Waals surface area contributed by atoms with E-state index in [2.05, 4.69) is 17.0 Å². The molecule has 0 N–H and O–H groups in total. The minimum Gasteiger partial charge on any atom is -0.370 e. The fraction of sp³-hybridized carbons (Fsp3) is 0.500. The standard InChI is InChI=1S/C16H19N3/c1-19(15-8-5-6-13(10-15)11-17)16-9-4-2-3-7-14(16)12-18/h5-6,8,10,14,16H,2-4,7,9H2,1H3. The third kappa shape index (κ3) is 3.06. The van der Waals surface area contributed by atoms with Crippen LogP contribution in [-0.4, -0.2) is 13.1 Å². The third-order valence-electron chi connectivity index (χ3n) is 4.03. The van der Waals surface area contributed by atoms with Gasteiger partial charge in [0, 0.05) is 18.8 Å². The van der Waals surface area contributed by atoms with Gasteiger partial charge in [-0.1, -0.05) is 25.3 Å². The van der Waals surface area contributed by atoms with Crippen LogP contribution in [0.3, 0.4) is 0 Å². The van der Waals surface area contributed by atoms with E-state index in [1.165, 1.54) is 12.8 Å². The summed E-state index contributed by atoms with van der Waals surface area (Å²) >= 11 is 0. The molecule has 3 nitrogen and oxygen atoms in total. The van der Waals surface area contributed by atoms with Crippen molar-refractivity contribution in [1.82, 2.24) is 0 Å². The van der Waals surface area contributed by atoms with Gasteiger partial charge >= 0.3 is 0 Å². The minimum absolute atomic E-state index is 0.0956. The second kappa shape index (κ2) is 6.25. The van der Waals surface area contributed by atoms with E-state index in [-0.39, 0.29) is 12.0 Å². The Bertz CT molecular complexity index is 509. The van der Waals surface area contributed by atoms with E-state index in [1.807, 2.05) is 31.3 Å². The molecule has 2 rings (SSSR count). The van der Waals surface area contributed by atoms with E-state index in [0.29, 0.717) is 5.56 Å². The second-order valence-electron chi connectivity index (χ2n) is 5.21. The molecule has 0 bridgehead atoms. The molecule has 0 aromatic heterocycles. The van der Waals surface area contributed by atoms with Crippen molar-refractivity contribution >= 4 is 5.69 Å². The molecule has 2 atom stereocenters. The minimum atomic E-state index is 0.0956. The zero-order chi connectivity index (χ0) is 13.7. The Balaban J connectivity index is 2.23. The van der Waals surface area contributed by atoms with Gasteiger partial charge in [0.05, 0.1) is 23.6 Å². The van der Waals surface area contributed by atoms with Crippen molar-refractivity contribution in [2.75, 3.05) is 11.9 Å². The number of anilines is 1. The van der Waals surface area contributed by atoms with Gasteiger partial charge < -0.3 is 4.90 Å². The molecular formula is C16H19N3. The summed E-state index contributed by atoms with van der Waals surface area (Å²) in [6.07, 6.45) is 5.61. The van der Waals surface area contributed by atoms with Crippen molar-refractivity contribution in [2.24, 2.45) is 5.92 Å². The van der Waals surface area contributed by atoms with Crippen molar-refractivity contribution < 1.29 is 0 Å². The first-order valence-electron chi connectivity index (χ1n) is 6.89. The number of rotatable bonds is 2. The fourth-order valence-electron chi connectivity index (χ4n) is 2.89. The maximum atomic E-state index is 9.35. The highest BCUT2D eigenvalue weighted by atomic mass is 15.1. The average molecular weight is 253 g/mol. The Labute approximate surface area is 115 Å². The predicted molar refractivity (Wildman–Crippen MR) is 75.5 cm³/mol. The predicted octanol–water partition coefficient (Wildman–Crippen LogP) is 3.47. The summed E-state index contributed by atoms with van der Waals surface area (Å²) in [6, 6.07) is 12.5. The van der Waals surface area contributed by atoms with E-state index < -0.39 is 0 Å². The number of nitrogens with zero attached hydrogens (tertiary/aromatic N) is 3. The maximum absolute atomic E-state index is 9.35. The van der Waals surface area contributed by atoms with E-state index in [9.17, 15) is 5.26 Å². The van der Waals surface area contributed by atoms with Crippen LogP contribution in [-0.2, 0) is 0 Å². The average Bonchev–Trinajstić information content (AvgIpc) is 2.71. The lowest BCUT2D eigenvalue weighted by molar-refractivity contribution is 0.465. The molecule has 0 heterocycles. The monoisotopic (exact) mass is 253 g/mol. The van der Waals surface area contributed by atoms with E-state index in [1.54, 1.807) is 0 Å². The van der Waals surface area contributed by atoms with Gasteiger partial charge in [0.25, 0.3) is 0 Å². The van der Waals surface area contributed by atoms with Crippen LogP contribution in [0.15, 0.2) is 24.3 Å². The Morgan fingerprint density at radius 1 is 1.16 bits per heavy atom. The number of nitriles is 2. The molecule has 0 saturated heterocycles. The topological polar surface area (TPSA) is 50.8 Å². The summed E-state index contributed by atoms with van der Waals surface area (Å²) in [5, 5.41) is 18.3. The van der Waals surface area contributed by atoms with Crippen LogP contribution in [0.25, 0.3) is 0 Å². The van der Waals surface area contributed by atoms with Gasteiger partial charge in [-0.25, -0.2) is 0 Å². The lowest BCUT2D eigenvalue weighted by Gasteiger charge is -2.32. The van der Waals surface area contributed by atoms with Crippen LogP contribution < -0.4 is 4.90 Å². The summed E-state index contributed by atoms with van der Waals surface area (Å²) in [6.45, 7) is 0. The first-order chi connectivity index (χ1) is 9.26. The lowest BCUT2D eigenvalue weighted by Crippen LogP contribution is -2.37. The summed E-state index contributed by atoms with van der Waals surface area (Å²) in [4.78, 5) is 2.18. The highest BCUT2D eigenvalue weighted by molar-refractivity contribution is 5.52. The molecule has 3 heteroatoms. The smallest absolute Gasteiger partial charge is 0.0992 e. The Hall–Kier alpha value is -2.00. The molecule has 2 unspecified atom stereocenters. The summed E-state index contributed by atoms with van der Waals surface area (Å²) in [7, 11) is 2.04. The number of hydrogen-bond donors (Lipinski definition) is 0. The van der Waals surface area contributed by atoms with Gasteiger partial charge in [0.15, 0.2) is 0 Å². The molecule has 0 spiro atoms. The highest BCUT2D eigenvalue weighted by Gasteiger charge is 2.27. The molecule has 1 aliphatic carbocycles. The molecule has 0 radical (unpaired) electrons. The first kappa shape index (κ1) is 13.4. The van der Waals surface area contributed by atoms with Crippen LogP contribution in [0.2, 0.25) is 0 Å². The van der Waals surface area contributed by atoms with Crippen molar-refractivity contribution in [2.45, 2.75) is 38.1 Å². The molecule has 1 saturated carbocycles. The molecular weight excluding hydrogens is 234 g/mol. The first-order valence-corrected chi connectivity index (χ1v) is 6.89. The second-order valence-corrected chi connectivity index (χ2v) is 5.21. The van der Waals surface area contributed by atoms with Crippen LogP contribution in [0.5, 0.6) is 0 Å². The number of benzene rings is 1. The summed E-state index contributed by atoms with van der Waals surface area (Å²) in [5.41, 5.74) is 1.71. The maximum Gasteiger partial charge on any atom is 0.0992 e. The SMILES string of the molecule is CN(c1cccc(C#N)c1)C1CCCCCC1C#N. The fourth-order valence-corrected chi connectivity index (χ4v) is 2.89. The molecule has 0 amide bonds. The van der Waals surface area contributed by atoms with Crippen LogP contribution in [0.4, 0.5) is 5.69 Å². The van der Waals surface area contributed by atoms with Crippen molar-refractivity contribution in [1.29, 1.82) is 10.5 Å². The zero-order valence-corrected chi connectivity index (χ0v) is 11.3. The van der Waals surface area contributed by atoms with Crippen LogP contribution in [0, 0.1) is 28.6 Å². The third-order valence-corrected chi connectivity index (χ3v) is 4.03. The summed E-state index contributed by atoms with van der Waals surface area (Å²) < 4.78 is 0. The van der Waals surface area contributed by atoms with Gasteiger partial charge in [-0.3, -0.25) is 0 Å². The lowest BCUT2D eigenvalue weighted by atomic mass is 9.94. The van der Waals surface area contributed by atoms with E-state index >= 15 is 0 Å². The molecule has 0 aliphatic heterocycles. The zero-order valence-electron chi connectivity index (χ0n) is 11.3. The quantitative estimate of drug-likeness (QED) is 0.758. The summed E-state index contributed by atoms with van der Waals surface area (Å²) in [5.74, 6) is 0.0956. The Kier molecular flexibility index (Phi) is 4.42. The molecule has 1 aromatic carbocycles. The molecule has 1 aromatic rings. The number of hydrogen-bond acceptors (Lipinski definition) is 3.